The number of hydrogen-bond acceptors (Lipinski definition) is 5. The van der Waals surface area contributed by atoms with Gasteiger partial charge in [-0.05, 0) is 73.2 Å². The summed E-state index contributed by atoms with van der Waals surface area (Å²) in [6.07, 6.45) is -2.69. The Hall–Kier alpha value is -3.08. The molecule has 2 aliphatic rings. The fourth-order valence-corrected chi connectivity index (χ4v) is 6.92. The van der Waals surface area contributed by atoms with Crippen LogP contribution in [0.4, 0.5) is 24.5 Å². The molecule has 1 heterocycles. The van der Waals surface area contributed by atoms with Crippen molar-refractivity contribution in [3.05, 3.63) is 83.9 Å². The molecule has 0 aromatic heterocycles. The standard InChI is InChI=1S/C27H28F3N3O3S/c1-31-37(35,21-14-12-20(13-15-21)36-27(28,29)30)32-22-16-17-25(26(22)34)33-23-8-4-2-6-18(23)10-11-19-7-3-5-9-24(19)33/h2-9,12-15,22,25-26,34H,10-11,16-17H2,1H3,(H,31,32,35). The van der Waals surface area contributed by atoms with E-state index in [1.165, 1.54) is 30.3 Å². The predicted molar refractivity (Wildman–Crippen MR) is 136 cm³/mol. The summed E-state index contributed by atoms with van der Waals surface area (Å²) in [6.45, 7) is 0. The van der Waals surface area contributed by atoms with Crippen molar-refractivity contribution in [2.75, 3.05) is 11.9 Å². The Bertz CT molecular complexity index is 1340. The van der Waals surface area contributed by atoms with Gasteiger partial charge >= 0.3 is 6.36 Å². The summed E-state index contributed by atoms with van der Waals surface area (Å²) in [5.74, 6) is -0.409. The molecule has 4 unspecified atom stereocenters. The minimum atomic E-state index is -4.82. The van der Waals surface area contributed by atoms with Crippen LogP contribution in [0.5, 0.6) is 5.75 Å². The number of rotatable bonds is 5. The van der Waals surface area contributed by atoms with E-state index >= 15 is 0 Å². The third-order valence-electron chi connectivity index (χ3n) is 7.02. The van der Waals surface area contributed by atoms with Crippen LogP contribution in [0, 0.1) is 0 Å². The molecule has 3 aromatic rings. The van der Waals surface area contributed by atoms with Crippen molar-refractivity contribution in [2.24, 2.45) is 4.36 Å². The lowest BCUT2D eigenvalue weighted by molar-refractivity contribution is -0.274. The molecule has 1 aliphatic carbocycles. The molecule has 5 rings (SSSR count). The molecule has 0 bridgehead atoms. The molecule has 37 heavy (non-hydrogen) atoms. The van der Waals surface area contributed by atoms with Gasteiger partial charge in [-0.25, -0.2) is 13.3 Å². The number of para-hydroxylation sites is 2. The maximum atomic E-state index is 13.7. The molecule has 1 saturated carbocycles. The Balaban J connectivity index is 1.41. The highest BCUT2D eigenvalue weighted by Gasteiger charge is 2.42. The predicted octanol–water partition coefficient (Wildman–Crippen LogP) is 5.38. The van der Waals surface area contributed by atoms with E-state index in [0.717, 1.165) is 36.3 Å². The van der Waals surface area contributed by atoms with E-state index in [2.05, 4.69) is 43.0 Å². The molecule has 0 saturated heterocycles. The van der Waals surface area contributed by atoms with E-state index in [1.54, 1.807) is 0 Å². The van der Waals surface area contributed by atoms with Gasteiger partial charge in [-0.1, -0.05) is 36.4 Å². The smallest absolute Gasteiger partial charge is 0.406 e. The fraction of sp³-hybridized carbons (Fsp3) is 0.333. The normalized spacial score (nSPS) is 22.9. The van der Waals surface area contributed by atoms with Gasteiger partial charge in [0.25, 0.3) is 0 Å². The molecule has 2 N–H and O–H groups in total. The number of hydrogen-bond donors (Lipinski definition) is 2. The lowest BCUT2D eigenvalue weighted by Crippen LogP contribution is -2.47. The molecule has 10 heteroatoms. The first-order valence-corrected chi connectivity index (χ1v) is 13.6. The van der Waals surface area contributed by atoms with Crippen LogP contribution in [0.1, 0.15) is 24.0 Å². The van der Waals surface area contributed by atoms with E-state index in [1.807, 2.05) is 24.3 Å². The summed E-state index contributed by atoms with van der Waals surface area (Å²) in [5.41, 5.74) is 4.52. The molecule has 0 radical (unpaired) electrons. The van der Waals surface area contributed by atoms with Gasteiger partial charge in [0.1, 0.15) is 15.7 Å². The van der Waals surface area contributed by atoms with Gasteiger partial charge in [-0.3, -0.25) is 0 Å². The zero-order valence-corrected chi connectivity index (χ0v) is 21.0. The number of aliphatic hydroxyl groups excluding tert-OH is 1. The number of nitrogens with one attached hydrogen (secondary N) is 1. The number of benzene rings is 3. The summed E-state index contributed by atoms with van der Waals surface area (Å²) in [6, 6.07) is 20.4. The van der Waals surface area contributed by atoms with Crippen molar-refractivity contribution in [3.8, 4) is 5.75 Å². The van der Waals surface area contributed by atoms with Crippen molar-refractivity contribution >= 4 is 21.3 Å². The van der Waals surface area contributed by atoms with Crippen molar-refractivity contribution in [1.82, 2.24) is 4.72 Å². The summed E-state index contributed by atoms with van der Waals surface area (Å²) in [7, 11) is -1.82. The highest BCUT2D eigenvalue weighted by Crippen LogP contribution is 2.41. The highest BCUT2D eigenvalue weighted by molar-refractivity contribution is 7.91. The number of aliphatic hydroxyl groups is 1. The van der Waals surface area contributed by atoms with Gasteiger partial charge < -0.3 is 14.7 Å². The zero-order chi connectivity index (χ0) is 26.2. The van der Waals surface area contributed by atoms with Gasteiger partial charge in [0.15, 0.2) is 0 Å². The quantitative estimate of drug-likeness (QED) is 0.464. The lowest BCUT2D eigenvalue weighted by atomic mass is 10.0. The highest BCUT2D eigenvalue weighted by atomic mass is 32.2. The van der Waals surface area contributed by atoms with Crippen molar-refractivity contribution in [1.29, 1.82) is 0 Å². The molecule has 6 nitrogen and oxygen atoms in total. The number of fused-ring (bicyclic) bond motifs is 2. The minimum absolute atomic E-state index is 0.214. The average molecular weight is 532 g/mol. The zero-order valence-electron chi connectivity index (χ0n) is 20.2. The van der Waals surface area contributed by atoms with Crippen LogP contribution in [0.2, 0.25) is 0 Å². The van der Waals surface area contributed by atoms with Crippen molar-refractivity contribution in [3.63, 3.8) is 0 Å². The molecule has 1 fully saturated rings. The SMILES string of the molecule is CN=S(=O)(NC1CCC(N2c3ccccc3CCc3ccccc32)C1O)c1ccc(OC(F)(F)F)cc1. The second-order valence-corrected chi connectivity index (χ2v) is 11.3. The lowest BCUT2D eigenvalue weighted by Gasteiger charge is -2.35. The number of ether oxygens (including phenoxy) is 1. The summed E-state index contributed by atoms with van der Waals surface area (Å²) in [5, 5.41) is 11.5. The van der Waals surface area contributed by atoms with Crippen molar-refractivity contribution in [2.45, 2.75) is 55.1 Å². The van der Waals surface area contributed by atoms with Crippen LogP contribution >= 0.6 is 0 Å². The van der Waals surface area contributed by atoms with Crippen LogP contribution in [0.15, 0.2) is 82.1 Å². The molecule has 4 atom stereocenters. The molecule has 0 spiro atoms. The van der Waals surface area contributed by atoms with E-state index in [4.69, 9.17) is 0 Å². The van der Waals surface area contributed by atoms with Crippen LogP contribution in [-0.4, -0.2) is 40.9 Å². The van der Waals surface area contributed by atoms with Gasteiger partial charge in [-0.2, -0.15) is 0 Å². The number of nitrogens with zero attached hydrogens (tertiary/aromatic N) is 2. The van der Waals surface area contributed by atoms with E-state index in [9.17, 15) is 22.5 Å². The van der Waals surface area contributed by atoms with Gasteiger partial charge in [-0.15, -0.1) is 13.2 Å². The molecule has 0 amide bonds. The van der Waals surface area contributed by atoms with Gasteiger partial charge in [0.2, 0.25) is 0 Å². The summed E-state index contributed by atoms with van der Waals surface area (Å²) in [4.78, 5) is 2.42. The largest absolute Gasteiger partial charge is 0.573 e. The number of alkyl halides is 3. The fourth-order valence-electron chi connectivity index (χ4n) is 5.30. The van der Waals surface area contributed by atoms with Crippen LogP contribution in [0.3, 0.4) is 0 Å². The first-order chi connectivity index (χ1) is 17.7. The third-order valence-corrected chi connectivity index (χ3v) is 9.07. The third kappa shape index (κ3) is 5.18. The first-order valence-electron chi connectivity index (χ1n) is 12.1. The first kappa shape index (κ1) is 25.6. The van der Waals surface area contributed by atoms with Crippen LogP contribution in [0.25, 0.3) is 0 Å². The summed E-state index contributed by atoms with van der Waals surface area (Å²) >= 11 is 0. The van der Waals surface area contributed by atoms with Gasteiger partial charge in [0, 0.05) is 24.5 Å². The molecule has 3 aromatic carbocycles. The van der Waals surface area contributed by atoms with Crippen molar-refractivity contribution < 1.29 is 27.2 Å². The molecular weight excluding hydrogens is 503 g/mol. The summed E-state index contributed by atoms with van der Waals surface area (Å²) < 4.78 is 62.3. The Morgan fingerprint density at radius 3 is 2.05 bits per heavy atom. The Labute approximate surface area is 214 Å². The Morgan fingerprint density at radius 1 is 0.946 bits per heavy atom. The molecule has 196 valence electrons. The number of aryl methyl sites for hydroxylation is 2. The molecular formula is C27H28F3N3O3S. The monoisotopic (exact) mass is 531 g/mol. The van der Waals surface area contributed by atoms with E-state index in [0.29, 0.717) is 12.8 Å². The van der Waals surface area contributed by atoms with E-state index in [-0.39, 0.29) is 10.9 Å². The number of halogens is 3. The second-order valence-electron chi connectivity index (χ2n) is 9.21. The van der Waals surface area contributed by atoms with Crippen LogP contribution < -0.4 is 14.4 Å². The second kappa shape index (κ2) is 10.00. The maximum Gasteiger partial charge on any atom is 0.573 e. The van der Waals surface area contributed by atoms with Crippen LogP contribution in [-0.2, 0) is 22.8 Å². The van der Waals surface area contributed by atoms with Gasteiger partial charge in [0.05, 0.1) is 17.0 Å². The van der Waals surface area contributed by atoms with E-state index < -0.39 is 34.2 Å². The number of anilines is 2. The molecule has 1 aliphatic heterocycles. The minimum Gasteiger partial charge on any atom is -0.406 e. The Morgan fingerprint density at radius 2 is 1.51 bits per heavy atom. The Kier molecular flexibility index (Phi) is 6.91. The average Bonchev–Trinajstić information content (AvgIpc) is 3.13. The topological polar surface area (TPSA) is 74.2 Å². The maximum absolute atomic E-state index is 13.7.